The molecule has 1 aromatic rings. The number of nitrogens with one attached hydrogen (secondary N) is 1. The summed E-state index contributed by atoms with van der Waals surface area (Å²) in [6.45, 7) is 2.47. The van der Waals surface area contributed by atoms with Crippen molar-refractivity contribution < 1.29 is 8.42 Å². The highest BCUT2D eigenvalue weighted by Gasteiger charge is 2.30. The van der Waals surface area contributed by atoms with Gasteiger partial charge in [-0.2, -0.15) is 9.40 Å². The van der Waals surface area contributed by atoms with E-state index in [1.165, 1.54) is 15.2 Å². The molecule has 0 aliphatic carbocycles. The molecular formula is C9H16Cl2N4O2S. The largest absolute Gasteiger partial charge is 0.315 e. The summed E-state index contributed by atoms with van der Waals surface area (Å²) >= 11 is 5.88. The maximum absolute atomic E-state index is 12.4. The molecule has 0 saturated carbocycles. The average molecular weight is 315 g/mol. The minimum absolute atomic E-state index is 0. The van der Waals surface area contributed by atoms with Crippen molar-refractivity contribution in [2.75, 3.05) is 26.2 Å². The van der Waals surface area contributed by atoms with Crippen molar-refractivity contribution in [2.24, 2.45) is 7.05 Å². The maximum Gasteiger partial charge on any atom is 0.261 e. The number of hydrogen-bond donors (Lipinski definition) is 1. The first kappa shape index (κ1) is 15.7. The van der Waals surface area contributed by atoms with Crippen molar-refractivity contribution >= 4 is 34.0 Å². The Labute approximate surface area is 118 Å². The van der Waals surface area contributed by atoms with Crippen molar-refractivity contribution in [3.63, 3.8) is 0 Å². The molecule has 0 atom stereocenters. The first-order valence-corrected chi connectivity index (χ1v) is 7.23. The Balaban J connectivity index is 0.00000162. The van der Waals surface area contributed by atoms with Crippen molar-refractivity contribution in [3.05, 3.63) is 11.2 Å². The second-order valence-electron chi connectivity index (χ2n) is 3.93. The van der Waals surface area contributed by atoms with Crippen molar-refractivity contribution in [2.45, 2.75) is 11.4 Å². The monoisotopic (exact) mass is 314 g/mol. The van der Waals surface area contributed by atoms with Crippen LogP contribution in [0.4, 0.5) is 0 Å². The van der Waals surface area contributed by atoms with Gasteiger partial charge in [-0.15, -0.1) is 12.4 Å². The predicted molar refractivity (Wildman–Crippen MR) is 71.7 cm³/mol. The molecule has 104 valence electrons. The van der Waals surface area contributed by atoms with Crippen LogP contribution in [0.3, 0.4) is 0 Å². The number of halogens is 2. The van der Waals surface area contributed by atoms with Crippen molar-refractivity contribution in [3.8, 4) is 0 Å². The molecule has 0 amide bonds. The Morgan fingerprint density at radius 2 is 2.11 bits per heavy atom. The van der Waals surface area contributed by atoms with E-state index in [1.807, 2.05) is 0 Å². The molecule has 0 radical (unpaired) electrons. The SMILES string of the molecule is Cl.Cn1ncc(Cl)c1S(=O)(=O)N1CCCNCC1. The van der Waals surface area contributed by atoms with Crippen LogP contribution in [0, 0.1) is 0 Å². The summed E-state index contributed by atoms with van der Waals surface area (Å²) in [5, 5.41) is 7.27. The van der Waals surface area contributed by atoms with Gasteiger partial charge in [-0.25, -0.2) is 8.42 Å². The third kappa shape index (κ3) is 2.97. The zero-order valence-corrected chi connectivity index (χ0v) is 12.4. The van der Waals surface area contributed by atoms with E-state index in [9.17, 15) is 8.42 Å². The summed E-state index contributed by atoms with van der Waals surface area (Å²) < 4.78 is 27.5. The van der Waals surface area contributed by atoms with Crippen LogP contribution < -0.4 is 5.32 Å². The second-order valence-corrected chi connectivity index (χ2v) is 6.19. The van der Waals surface area contributed by atoms with Crippen LogP contribution in [0.15, 0.2) is 11.2 Å². The predicted octanol–water partition coefficient (Wildman–Crippen LogP) is 0.479. The molecule has 6 nitrogen and oxygen atoms in total. The lowest BCUT2D eigenvalue weighted by Crippen LogP contribution is -2.35. The minimum Gasteiger partial charge on any atom is -0.315 e. The minimum atomic E-state index is -3.54. The molecule has 2 rings (SSSR count). The zero-order chi connectivity index (χ0) is 12.5. The first-order valence-electron chi connectivity index (χ1n) is 5.42. The van der Waals surface area contributed by atoms with Crippen LogP contribution in [-0.2, 0) is 17.1 Å². The lowest BCUT2D eigenvalue weighted by atomic mass is 10.4. The van der Waals surface area contributed by atoms with Crippen LogP contribution in [0.5, 0.6) is 0 Å². The van der Waals surface area contributed by atoms with Crippen LogP contribution in [0.2, 0.25) is 5.02 Å². The molecule has 18 heavy (non-hydrogen) atoms. The van der Waals surface area contributed by atoms with Gasteiger partial charge in [0.15, 0.2) is 5.03 Å². The fourth-order valence-electron chi connectivity index (χ4n) is 1.87. The van der Waals surface area contributed by atoms with E-state index < -0.39 is 10.0 Å². The van der Waals surface area contributed by atoms with Gasteiger partial charge in [0.25, 0.3) is 10.0 Å². The Kier molecular flexibility index (Phi) is 5.42. The fourth-order valence-corrected chi connectivity index (χ4v) is 3.96. The number of hydrogen-bond acceptors (Lipinski definition) is 4. The summed E-state index contributed by atoms with van der Waals surface area (Å²) in [4.78, 5) is 0. The average Bonchev–Trinajstić information content (AvgIpc) is 2.53. The van der Waals surface area contributed by atoms with Gasteiger partial charge >= 0.3 is 0 Å². The smallest absolute Gasteiger partial charge is 0.261 e. The van der Waals surface area contributed by atoms with E-state index in [4.69, 9.17) is 11.6 Å². The molecule has 1 N–H and O–H groups in total. The number of sulfonamides is 1. The normalized spacial score (nSPS) is 18.1. The molecule has 2 heterocycles. The van der Waals surface area contributed by atoms with Crippen LogP contribution in [-0.4, -0.2) is 48.7 Å². The number of aromatic nitrogens is 2. The van der Waals surface area contributed by atoms with Gasteiger partial charge in [-0.1, -0.05) is 11.6 Å². The number of rotatable bonds is 2. The first-order chi connectivity index (χ1) is 8.03. The van der Waals surface area contributed by atoms with E-state index in [0.717, 1.165) is 13.0 Å². The summed E-state index contributed by atoms with van der Waals surface area (Å²) in [5.41, 5.74) is 0. The summed E-state index contributed by atoms with van der Waals surface area (Å²) in [6, 6.07) is 0. The molecule has 0 aromatic carbocycles. The highest BCUT2D eigenvalue weighted by molar-refractivity contribution is 7.89. The number of aryl methyl sites for hydroxylation is 1. The van der Waals surface area contributed by atoms with Crippen molar-refractivity contribution in [1.29, 1.82) is 0 Å². The Hall–Kier alpha value is -0.340. The van der Waals surface area contributed by atoms with Crippen molar-refractivity contribution in [1.82, 2.24) is 19.4 Å². The molecule has 0 unspecified atom stereocenters. The lowest BCUT2D eigenvalue weighted by Gasteiger charge is -2.19. The molecule has 1 aromatic heterocycles. The van der Waals surface area contributed by atoms with Gasteiger partial charge in [0.2, 0.25) is 0 Å². The maximum atomic E-state index is 12.4. The van der Waals surface area contributed by atoms with E-state index in [2.05, 4.69) is 10.4 Å². The molecule has 0 bridgehead atoms. The van der Waals surface area contributed by atoms with Gasteiger partial charge in [0.1, 0.15) is 0 Å². The highest BCUT2D eigenvalue weighted by Crippen LogP contribution is 2.23. The van der Waals surface area contributed by atoms with Gasteiger partial charge in [0, 0.05) is 26.7 Å². The Bertz CT molecular complexity index is 475. The summed E-state index contributed by atoms with van der Waals surface area (Å²) in [7, 11) is -1.96. The zero-order valence-electron chi connectivity index (χ0n) is 9.97. The van der Waals surface area contributed by atoms with E-state index in [1.54, 1.807) is 7.05 Å². The van der Waals surface area contributed by atoms with Gasteiger partial charge in [-0.05, 0) is 13.0 Å². The van der Waals surface area contributed by atoms with E-state index >= 15 is 0 Å². The van der Waals surface area contributed by atoms with Gasteiger partial charge < -0.3 is 5.32 Å². The molecule has 1 aliphatic heterocycles. The van der Waals surface area contributed by atoms with Gasteiger partial charge in [-0.3, -0.25) is 4.68 Å². The topological polar surface area (TPSA) is 67.2 Å². The third-order valence-corrected chi connectivity index (χ3v) is 5.13. The quantitative estimate of drug-likeness (QED) is 0.862. The molecule has 9 heteroatoms. The summed E-state index contributed by atoms with van der Waals surface area (Å²) in [5.74, 6) is 0. The standard InChI is InChI=1S/C9H15ClN4O2S.ClH/c1-13-9(8(10)7-12-13)17(15,16)14-5-2-3-11-4-6-14;/h7,11H,2-6H2,1H3;1H. The molecule has 0 spiro atoms. The Morgan fingerprint density at radius 3 is 2.72 bits per heavy atom. The molecule has 1 saturated heterocycles. The van der Waals surface area contributed by atoms with Crippen LogP contribution in [0.25, 0.3) is 0 Å². The number of nitrogens with zero attached hydrogens (tertiary/aromatic N) is 3. The fraction of sp³-hybridized carbons (Fsp3) is 0.667. The van der Waals surface area contributed by atoms with Crippen LogP contribution >= 0.6 is 24.0 Å². The lowest BCUT2D eigenvalue weighted by molar-refractivity contribution is 0.425. The highest BCUT2D eigenvalue weighted by atomic mass is 35.5. The molecule has 1 aliphatic rings. The van der Waals surface area contributed by atoms with E-state index in [-0.39, 0.29) is 22.5 Å². The van der Waals surface area contributed by atoms with Crippen LogP contribution in [0.1, 0.15) is 6.42 Å². The molecule has 1 fully saturated rings. The van der Waals surface area contributed by atoms with E-state index in [0.29, 0.717) is 19.6 Å². The summed E-state index contributed by atoms with van der Waals surface area (Å²) in [6.07, 6.45) is 2.15. The second kappa shape index (κ2) is 6.21. The van der Waals surface area contributed by atoms with Gasteiger partial charge in [0.05, 0.1) is 11.2 Å². The third-order valence-electron chi connectivity index (χ3n) is 2.73. The Morgan fingerprint density at radius 1 is 1.39 bits per heavy atom. The molecular weight excluding hydrogens is 299 g/mol.